The number of hydrogen-bond donors (Lipinski definition) is 2. The summed E-state index contributed by atoms with van der Waals surface area (Å²) in [5.74, 6) is -0.0676. The Morgan fingerprint density at radius 3 is 2.53 bits per heavy atom. The van der Waals surface area contributed by atoms with E-state index in [0.717, 1.165) is 26.6 Å². The van der Waals surface area contributed by atoms with Crippen LogP contribution in [0.4, 0.5) is 10.1 Å². The number of hydrogen-bond acceptors (Lipinski definition) is 4. The van der Waals surface area contributed by atoms with Gasteiger partial charge in [0, 0.05) is 33.0 Å². The van der Waals surface area contributed by atoms with E-state index in [-0.39, 0.29) is 5.82 Å². The topological polar surface area (TPSA) is 78.3 Å². The monoisotopic (exact) mass is 446 g/mol. The Balaban J connectivity index is 1.77. The van der Waals surface area contributed by atoms with Crippen molar-refractivity contribution in [2.45, 2.75) is 13.3 Å². The average Bonchev–Trinajstić information content (AvgIpc) is 3.22. The molecule has 3 aromatic carbocycles. The van der Waals surface area contributed by atoms with Crippen LogP contribution in [-0.4, -0.2) is 13.0 Å². The zero-order valence-electron chi connectivity index (χ0n) is 17.8. The number of nitrogen functional groups attached to an aromatic ring is 1. The van der Waals surface area contributed by atoms with Gasteiger partial charge in [-0.15, -0.1) is 11.3 Å². The second-order valence-electron chi connectivity index (χ2n) is 7.56. The fraction of sp³-hybridized carbons (Fsp3) is 0.115. The van der Waals surface area contributed by atoms with Crippen LogP contribution in [0.1, 0.15) is 26.4 Å². The fourth-order valence-corrected chi connectivity index (χ4v) is 4.92. The summed E-state index contributed by atoms with van der Waals surface area (Å²) in [6.45, 7) is 2.01. The van der Waals surface area contributed by atoms with Crippen molar-refractivity contribution in [1.29, 1.82) is 0 Å². The molecule has 1 amide bonds. The first-order chi connectivity index (χ1) is 15.4. The Hall–Kier alpha value is -3.64. The smallest absolute Gasteiger partial charge is 0.249 e. The van der Waals surface area contributed by atoms with Crippen LogP contribution in [0.5, 0.6) is 5.75 Å². The second kappa shape index (κ2) is 8.85. The van der Waals surface area contributed by atoms with Gasteiger partial charge in [-0.1, -0.05) is 12.1 Å². The summed E-state index contributed by atoms with van der Waals surface area (Å²) >= 11 is 1.63. The third kappa shape index (κ3) is 4.22. The van der Waals surface area contributed by atoms with Crippen molar-refractivity contribution < 1.29 is 13.9 Å². The molecule has 0 bridgehead atoms. The minimum Gasteiger partial charge on any atom is -0.496 e. The van der Waals surface area contributed by atoms with Gasteiger partial charge in [0.25, 0.3) is 0 Å². The molecule has 0 aliphatic carbocycles. The zero-order valence-corrected chi connectivity index (χ0v) is 18.6. The number of primary amides is 1. The highest BCUT2D eigenvalue weighted by Gasteiger charge is 2.19. The first-order valence-corrected chi connectivity index (χ1v) is 10.9. The summed E-state index contributed by atoms with van der Waals surface area (Å²) in [5, 5.41) is 0. The molecule has 0 spiro atoms. The molecule has 4 aromatic rings. The Kier molecular flexibility index (Phi) is 5.97. The number of carbonyl (C=O) groups is 1. The molecule has 0 saturated carbocycles. The molecule has 32 heavy (non-hydrogen) atoms. The van der Waals surface area contributed by atoms with Crippen molar-refractivity contribution in [2.24, 2.45) is 5.73 Å². The molecule has 0 unspecified atom stereocenters. The summed E-state index contributed by atoms with van der Waals surface area (Å²) in [6, 6.07) is 19.6. The van der Waals surface area contributed by atoms with E-state index in [4.69, 9.17) is 16.2 Å². The Morgan fingerprint density at radius 1 is 1.03 bits per heavy atom. The van der Waals surface area contributed by atoms with Crippen LogP contribution in [0.2, 0.25) is 0 Å². The van der Waals surface area contributed by atoms with Crippen LogP contribution in [-0.2, 0) is 6.42 Å². The maximum absolute atomic E-state index is 13.9. The minimum atomic E-state index is -0.541. The predicted molar refractivity (Wildman–Crippen MR) is 129 cm³/mol. The largest absolute Gasteiger partial charge is 0.496 e. The van der Waals surface area contributed by atoms with Gasteiger partial charge >= 0.3 is 0 Å². The molecule has 0 atom stereocenters. The molecule has 4 nitrogen and oxygen atoms in total. The van der Waals surface area contributed by atoms with E-state index in [9.17, 15) is 9.18 Å². The van der Waals surface area contributed by atoms with Gasteiger partial charge in [-0.05, 0) is 83.8 Å². The third-order valence-corrected chi connectivity index (χ3v) is 6.55. The van der Waals surface area contributed by atoms with E-state index < -0.39 is 5.91 Å². The first-order valence-electron chi connectivity index (χ1n) is 10.1. The number of rotatable bonds is 6. The maximum Gasteiger partial charge on any atom is 0.249 e. The van der Waals surface area contributed by atoms with Crippen LogP contribution < -0.4 is 16.2 Å². The van der Waals surface area contributed by atoms with Gasteiger partial charge in [0.05, 0.1) is 7.11 Å². The van der Waals surface area contributed by atoms with Gasteiger partial charge in [-0.25, -0.2) is 4.39 Å². The number of methoxy groups -OCH3 is 1. The number of carbonyl (C=O) groups excluding carboxylic acids is 1. The lowest BCUT2D eigenvalue weighted by molar-refractivity contribution is 0.0999. The van der Waals surface area contributed by atoms with Gasteiger partial charge in [-0.2, -0.15) is 0 Å². The second-order valence-corrected chi connectivity index (χ2v) is 8.73. The first kappa shape index (κ1) is 21.6. The SMILES string of the molecule is COc1ccc(-c2ccc(Cc3c(C(N)=O)ccc(N)c3-c3cccc(F)c3)s2)cc1C. The van der Waals surface area contributed by atoms with Crippen LogP contribution in [0, 0.1) is 12.7 Å². The van der Waals surface area contributed by atoms with Crippen LogP contribution in [0.15, 0.2) is 66.7 Å². The standard InChI is InChI=1S/C26H23FN2O2S/c1-15-12-16(6-10-23(15)31-2)24-11-7-19(32-24)14-21-20(26(29)30)8-9-22(28)25(21)17-4-3-5-18(27)13-17/h3-13H,14,28H2,1-2H3,(H2,29,30). The van der Waals surface area contributed by atoms with Crippen LogP contribution >= 0.6 is 11.3 Å². The van der Waals surface area contributed by atoms with E-state index in [1.165, 1.54) is 12.1 Å². The summed E-state index contributed by atoms with van der Waals surface area (Å²) in [5.41, 5.74) is 16.9. The van der Waals surface area contributed by atoms with Crippen molar-refractivity contribution in [3.8, 4) is 27.3 Å². The van der Waals surface area contributed by atoms with Gasteiger partial charge in [0.1, 0.15) is 11.6 Å². The molecular formula is C26H23FN2O2S. The van der Waals surface area contributed by atoms with Gasteiger partial charge in [0.2, 0.25) is 5.91 Å². The van der Waals surface area contributed by atoms with Crippen molar-refractivity contribution in [3.63, 3.8) is 0 Å². The summed E-state index contributed by atoms with van der Waals surface area (Å²) in [6.07, 6.45) is 0.453. The summed E-state index contributed by atoms with van der Waals surface area (Å²) in [7, 11) is 1.66. The number of ether oxygens (including phenoxy) is 1. The number of nitrogens with two attached hydrogens (primary N) is 2. The van der Waals surface area contributed by atoms with E-state index in [1.807, 2.05) is 25.1 Å². The number of thiophene rings is 1. The molecular weight excluding hydrogens is 423 g/mol. The van der Waals surface area contributed by atoms with E-state index >= 15 is 0 Å². The van der Waals surface area contributed by atoms with E-state index in [1.54, 1.807) is 42.7 Å². The predicted octanol–water partition coefficient (Wildman–Crippen LogP) is 5.81. The molecule has 1 aromatic heterocycles. The molecule has 0 radical (unpaired) electrons. The lowest BCUT2D eigenvalue weighted by Crippen LogP contribution is -2.15. The molecule has 1 heterocycles. The average molecular weight is 447 g/mol. The fourth-order valence-electron chi connectivity index (χ4n) is 3.90. The Bertz CT molecular complexity index is 1310. The van der Waals surface area contributed by atoms with Crippen molar-refractivity contribution in [3.05, 3.63) is 94.1 Å². The highest BCUT2D eigenvalue weighted by molar-refractivity contribution is 7.15. The van der Waals surface area contributed by atoms with E-state index in [0.29, 0.717) is 34.4 Å². The summed E-state index contributed by atoms with van der Waals surface area (Å²) < 4.78 is 19.3. The molecule has 4 rings (SSSR count). The van der Waals surface area contributed by atoms with Crippen molar-refractivity contribution in [1.82, 2.24) is 0 Å². The van der Waals surface area contributed by atoms with Gasteiger partial charge < -0.3 is 16.2 Å². The van der Waals surface area contributed by atoms with Crippen molar-refractivity contribution >= 4 is 22.9 Å². The lowest BCUT2D eigenvalue weighted by atomic mass is 9.91. The Labute approximate surface area is 190 Å². The molecule has 0 aliphatic heterocycles. The normalized spacial score (nSPS) is 10.8. The van der Waals surface area contributed by atoms with Gasteiger partial charge in [-0.3, -0.25) is 4.79 Å². The molecule has 162 valence electrons. The highest BCUT2D eigenvalue weighted by atomic mass is 32.1. The third-order valence-electron chi connectivity index (χ3n) is 5.42. The van der Waals surface area contributed by atoms with Crippen molar-refractivity contribution in [2.75, 3.05) is 12.8 Å². The number of amides is 1. The van der Waals surface area contributed by atoms with E-state index in [2.05, 4.69) is 12.1 Å². The zero-order chi connectivity index (χ0) is 22.8. The summed E-state index contributed by atoms with van der Waals surface area (Å²) in [4.78, 5) is 14.3. The molecule has 6 heteroatoms. The lowest BCUT2D eigenvalue weighted by Gasteiger charge is -2.16. The molecule has 0 saturated heterocycles. The Morgan fingerprint density at radius 2 is 1.84 bits per heavy atom. The van der Waals surface area contributed by atoms with Crippen LogP contribution in [0.25, 0.3) is 21.6 Å². The van der Waals surface area contributed by atoms with Gasteiger partial charge in [0.15, 0.2) is 0 Å². The highest BCUT2D eigenvalue weighted by Crippen LogP contribution is 2.37. The molecule has 0 fully saturated rings. The number of halogens is 1. The number of aryl methyl sites for hydroxylation is 1. The molecule has 0 aliphatic rings. The number of benzene rings is 3. The van der Waals surface area contributed by atoms with Crippen LogP contribution in [0.3, 0.4) is 0 Å². The molecule has 4 N–H and O–H groups in total. The quantitative estimate of drug-likeness (QED) is 0.367. The minimum absolute atomic E-state index is 0.370. The number of anilines is 1. The maximum atomic E-state index is 13.9.